The van der Waals surface area contributed by atoms with E-state index in [1.54, 1.807) is 11.0 Å². The first-order valence-corrected chi connectivity index (χ1v) is 18.4. The molecule has 11 nitrogen and oxygen atoms in total. The van der Waals surface area contributed by atoms with E-state index in [2.05, 4.69) is 20.4 Å². The second-order valence-electron chi connectivity index (χ2n) is 11.7. The largest absolute Gasteiger partial charge is 0.389 e. The predicted octanol–water partition coefficient (Wildman–Crippen LogP) is 5.84. The Balaban J connectivity index is 1.19. The van der Waals surface area contributed by atoms with Crippen molar-refractivity contribution >= 4 is 37.9 Å². The third-order valence-corrected chi connectivity index (χ3v) is 10.7. The van der Waals surface area contributed by atoms with E-state index in [0.29, 0.717) is 31.0 Å². The molecule has 1 aliphatic heterocycles. The average molecular weight is 723 g/mol. The fraction of sp³-hybridized carbons (Fsp3) is 0.162. The third kappa shape index (κ3) is 7.20. The highest BCUT2D eigenvalue weighted by Crippen LogP contribution is 2.40. The molecule has 1 saturated heterocycles. The summed E-state index contributed by atoms with van der Waals surface area (Å²) in [4.78, 5) is 27.1. The second-order valence-corrected chi connectivity index (χ2v) is 14.6. The number of nitrogens with one attached hydrogen (secondary N) is 1. The van der Waals surface area contributed by atoms with E-state index in [1.807, 2.05) is 91.0 Å². The molecular weight excluding hydrogens is 692 g/mol. The van der Waals surface area contributed by atoms with E-state index in [-0.39, 0.29) is 33.2 Å². The Morgan fingerprint density at radius 1 is 0.922 bits per heavy atom. The molecule has 0 spiro atoms. The van der Waals surface area contributed by atoms with E-state index in [4.69, 9.17) is 14.7 Å². The first kappa shape index (κ1) is 33.9. The highest BCUT2D eigenvalue weighted by Gasteiger charge is 2.40. The molecule has 1 fully saturated rings. The lowest BCUT2D eigenvalue weighted by Gasteiger charge is -2.35. The Hall–Kier alpha value is -5.57. The maximum absolute atomic E-state index is 13.7. The molecule has 0 aliphatic carbocycles. The molecule has 1 amide bonds. The number of aromatic nitrogens is 4. The lowest BCUT2D eigenvalue weighted by Crippen LogP contribution is -2.38. The van der Waals surface area contributed by atoms with E-state index in [1.165, 1.54) is 24.3 Å². The maximum atomic E-state index is 13.7. The van der Waals surface area contributed by atoms with Crippen molar-refractivity contribution in [1.82, 2.24) is 19.7 Å². The van der Waals surface area contributed by atoms with Gasteiger partial charge in [-0.2, -0.15) is 9.49 Å². The monoisotopic (exact) mass is 722 g/mol. The number of hydrogen-bond acceptors (Lipinski definition) is 10. The molecule has 0 saturated carbocycles. The first-order valence-electron chi connectivity index (χ1n) is 16.0. The van der Waals surface area contributed by atoms with Gasteiger partial charge < -0.3 is 9.57 Å². The molecule has 0 bridgehead atoms. The minimum atomic E-state index is -3.95. The number of benzene rings is 4. The number of sulfone groups is 1. The van der Waals surface area contributed by atoms with Gasteiger partial charge in [0.05, 0.1) is 24.3 Å². The second kappa shape index (κ2) is 14.7. The summed E-state index contributed by atoms with van der Waals surface area (Å²) in [5.74, 6) is -1.07. The van der Waals surface area contributed by atoms with Crippen LogP contribution in [0.25, 0.3) is 0 Å². The van der Waals surface area contributed by atoms with Crippen LogP contribution in [0, 0.1) is 5.13 Å². The molecule has 1 aliphatic rings. The Morgan fingerprint density at radius 3 is 2.06 bits per heavy atom. The zero-order valence-corrected chi connectivity index (χ0v) is 28.6. The van der Waals surface area contributed by atoms with Crippen molar-refractivity contribution in [2.75, 3.05) is 18.5 Å². The number of oxime groups is 1. The number of rotatable bonds is 12. The number of ether oxygens (including phenoxy) is 1. The van der Waals surface area contributed by atoms with Gasteiger partial charge in [0.2, 0.25) is 0 Å². The number of halogens is 1. The number of carbonyl (C=O) groups excluding carboxylic acids is 1. The third-order valence-electron chi connectivity index (χ3n) is 8.36. The molecular formula is C37H31FN6O5S2. The summed E-state index contributed by atoms with van der Waals surface area (Å²) in [5.41, 5.74) is 1.95. The Kier molecular flexibility index (Phi) is 9.79. The van der Waals surface area contributed by atoms with Gasteiger partial charge in [-0.3, -0.25) is 10.1 Å². The van der Waals surface area contributed by atoms with Crippen LogP contribution in [0.15, 0.2) is 138 Å². The lowest BCUT2D eigenvalue weighted by atomic mass is 9.77. The van der Waals surface area contributed by atoms with Gasteiger partial charge >= 0.3 is 0 Å². The summed E-state index contributed by atoms with van der Waals surface area (Å²) in [6.45, 7) is 0.825. The molecule has 258 valence electrons. The van der Waals surface area contributed by atoms with Crippen molar-refractivity contribution in [1.29, 1.82) is 0 Å². The van der Waals surface area contributed by atoms with Crippen molar-refractivity contribution in [2.24, 2.45) is 5.16 Å². The van der Waals surface area contributed by atoms with Gasteiger partial charge in [-0.1, -0.05) is 120 Å². The van der Waals surface area contributed by atoms with Crippen molar-refractivity contribution in [3.05, 3.63) is 161 Å². The van der Waals surface area contributed by atoms with Crippen molar-refractivity contribution in [2.45, 2.75) is 28.7 Å². The van der Waals surface area contributed by atoms with E-state index in [0.717, 1.165) is 22.9 Å². The zero-order valence-electron chi connectivity index (χ0n) is 27.0. The number of amides is 1. The van der Waals surface area contributed by atoms with Crippen LogP contribution >= 0.6 is 11.3 Å². The average Bonchev–Trinajstić information content (AvgIpc) is 3.94. The predicted molar refractivity (Wildman–Crippen MR) is 190 cm³/mol. The number of nitrogens with zero attached hydrogens (tertiary/aromatic N) is 5. The Bertz CT molecular complexity index is 2140. The molecule has 51 heavy (non-hydrogen) atoms. The Labute approximate surface area is 297 Å². The van der Waals surface area contributed by atoms with Gasteiger partial charge in [-0.15, -0.1) is 0 Å². The maximum Gasteiger partial charge on any atom is 0.280 e. The van der Waals surface area contributed by atoms with Gasteiger partial charge in [0.15, 0.2) is 37.7 Å². The molecule has 4 aromatic carbocycles. The number of hydrogen-bond donors (Lipinski definition) is 1. The van der Waals surface area contributed by atoms with Crippen molar-refractivity contribution < 1.29 is 27.2 Å². The number of thiazole rings is 1. The standard InChI is InChI=1S/C37H31FN6O5S2/c38-32-22-39-36(50-32)41-35(45)34(43-49-30-20-21-48-23-30)26-16-18-31(19-17-26)51(46,47)24-33-40-25-44(42-33)37(27-10-4-1-5-11-27,28-12-6-2-7-13-28)29-14-8-3-9-15-29/h1-19,22,25,30H,20-21,23-24H2,(H,39,41,45)/t30-/m1/s1. The van der Waals surface area contributed by atoms with E-state index in [9.17, 15) is 17.6 Å². The van der Waals surface area contributed by atoms with Crippen LogP contribution in [0.3, 0.4) is 0 Å². The summed E-state index contributed by atoms with van der Waals surface area (Å²) in [7, 11) is -3.95. The highest BCUT2D eigenvalue weighted by molar-refractivity contribution is 7.90. The smallest absolute Gasteiger partial charge is 0.280 e. The van der Waals surface area contributed by atoms with Gasteiger partial charge in [0.1, 0.15) is 17.6 Å². The van der Waals surface area contributed by atoms with Crippen molar-refractivity contribution in [3.63, 3.8) is 0 Å². The quantitative estimate of drug-likeness (QED) is 0.0946. The molecule has 3 heterocycles. The van der Waals surface area contributed by atoms with Gasteiger partial charge in [0.25, 0.3) is 5.91 Å². The summed E-state index contributed by atoms with van der Waals surface area (Å²) in [6.07, 6.45) is 2.81. The molecule has 1 N–H and O–H groups in total. The molecule has 7 rings (SSSR count). The van der Waals surface area contributed by atoms with Gasteiger partial charge in [-0.25, -0.2) is 23.1 Å². The van der Waals surface area contributed by atoms with Crippen LogP contribution in [0.5, 0.6) is 0 Å². The lowest BCUT2D eigenvalue weighted by molar-refractivity contribution is -0.110. The minimum Gasteiger partial charge on any atom is -0.389 e. The van der Waals surface area contributed by atoms with Crippen LogP contribution in [-0.4, -0.2) is 59.1 Å². The molecule has 0 unspecified atom stereocenters. The zero-order chi connectivity index (χ0) is 35.3. The minimum absolute atomic E-state index is 0.00472. The van der Waals surface area contributed by atoms with Crippen LogP contribution in [-0.2, 0) is 35.5 Å². The van der Waals surface area contributed by atoms with Crippen LogP contribution in [0.1, 0.15) is 34.5 Å². The van der Waals surface area contributed by atoms with Crippen LogP contribution < -0.4 is 5.32 Å². The van der Waals surface area contributed by atoms with E-state index < -0.39 is 32.2 Å². The molecule has 1 atom stereocenters. The number of anilines is 1. The van der Waals surface area contributed by atoms with E-state index >= 15 is 0 Å². The Morgan fingerprint density at radius 2 is 1.53 bits per heavy atom. The fourth-order valence-corrected chi connectivity index (χ4v) is 7.68. The van der Waals surface area contributed by atoms with Crippen LogP contribution in [0.4, 0.5) is 9.52 Å². The SMILES string of the molecule is O=C(Nc1ncc(F)s1)C(=NO[C@@H]1CCOC1)c1ccc(S(=O)(=O)Cc2ncn(C(c3ccccc3)(c3ccccc3)c3ccccc3)n2)cc1. The summed E-state index contributed by atoms with van der Waals surface area (Å²) < 4.78 is 48.1. The van der Waals surface area contributed by atoms with Crippen molar-refractivity contribution in [3.8, 4) is 0 Å². The number of carbonyl (C=O) groups is 1. The molecule has 2 aromatic heterocycles. The fourth-order valence-electron chi connectivity index (χ4n) is 5.95. The molecule has 6 aromatic rings. The highest BCUT2D eigenvalue weighted by atomic mass is 32.2. The summed E-state index contributed by atoms with van der Waals surface area (Å²) >= 11 is 0.659. The molecule has 14 heteroatoms. The van der Waals surface area contributed by atoms with Crippen LogP contribution in [0.2, 0.25) is 0 Å². The van der Waals surface area contributed by atoms with Gasteiger partial charge in [0, 0.05) is 12.0 Å². The van der Waals surface area contributed by atoms with Gasteiger partial charge in [-0.05, 0) is 28.8 Å². The summed E-state index contributed by atoms with van der Waals surface area (Å²) in [5, 5.41) is 10.9. The summed E-state index contributed by atoms with van der Waals surface area (Å²) in [6, 6.07) is 35.3. The normalized spacial score (nSPS) is 15.1. The molecule has 0 radical (unpaired) electrons. The first-order chi connectivity index (χ1) is 24.8. The topological polar surface area (TPSA) is 138 Å².